The molecule has 7 aromatic rings. The minimum absolute atomic E-state index is 0.215. The van der Waals surface area contributed by atoms with Crippen molar-refractivity contribution in [1.82, 2.24) is 33.9 Å². The summed E-state index contributed by atoms with van der Waals surface area (Å²) in [4.78, 5) is 13.8. The van der Waals surface area contributed by atoms with Gasteiger partial charge in [0.25, 0.3) is 5.56 Å². The molecule has 13 heteroatoms. The van der Waals surface area contributed by atoms with E-state index in [0.29, 0.717) is 75.5 Å². The molecule has 0 aliphatic carbocycles. The SMILES string of the molecule is CCOc1ccc(-n2c(=O)c3ccc(Cl)cc3n3c(CSc4nnc(COc5ccccc5-c5ccccc5)n4CCOC)nnc23)cc1. The van der Waals surface area contributed by atoms with Gasteiger partial charge in [-0.2, -0.15) is 0 Å². The van der Waals surface area contributed by atoms with Crippen LogP contribution >= 0.6 is 23.4 Å². The summed E-state index contributed by atoms with van der Waals surface area (Å²) in [6, 6.07) is 30.6. The number of hydrogen-bond acceptors (Lipinski definition) is 9. The van der Waals surface area contributed by atoms with Crippen LogP contribution in [-0.2, 0) is 23.6 Å². The molecule has 0 aliphatic heterocycles. The number of rotatable bonds is 13. The number of aromatic nitrogens is 7. The van der Waals surface area contributed by atoms with Gasteiger partial charge in [-0.1, -0.05) is 71.9 Å². The molecule has 3 heterocycles. The fourth-order valence-corrected chi connectivity index (χ4v) is 6.69. The fraction of sp³-hybridized carbons (Fsp3) is 0.194. The van der Waals surface area contributed by atoms with Gasteiger partial charge >= 0.3 is 0 Å². The molecule has 0 N–H and O–H groups in total. The lowest BCUT2D eigenvalue weighted by Crippen LogP contribution is -2.22. The van der Waals surface area contributed by atoms with E-state index in [1.54, 1.807) is 29.9 Å². The van der Waals surface area contributed by atoms with E-state index in [9.17, 15) is 4.79 Å². The number of halogens is 1. The van der Waals surface area contributed by atoms with Crippen molar-refractivity contribution in [3.63, 3.8) is 0 Å². The molecule has 4 aromatic carbocycles. The lowest BCUT2D eigenvalue weighted by molar-refractivity contribution is 0.181. The van der Waals surface area contributed by atoms with E-state index < -0.39 is 0 Å². The highest BCUT2D eigenvalue weighted by Crippen LogP contribution is 2.31. The molecule has 0 amide bonds. The maximum Gasteiger partial charge on any atom is 0.267 e. The number of hydrogen-bond donors (Lipinski definition) is 0. The van der Waals surface area contributed by atoms with Crippen molar-refractivity contribution in [3.8, 4) is 28.3 Å². The maximum atomic E-state index is 13.8. The third-order valence-electron chi connectivity index (χ3n) is 7.92. The molecule has 0 spiro atoms. The zero-order valence-corrected chi connectivity index (χ0v) is 28.4. The third-order valence-corrected chi connectivity index (χ3v) is 9.12. The van der Waals surface area contributed by atoms with E-state index in [-0.39, 0.29) is 12.2 Å². The van der Waals surface area contributed by atoms with Gasteiger partial charge in [-0.3, -0.25) is 9.20 Å². The topological polar surface area (TPSA) is 111 Å². The molecular formula is C36H32ClN7O4S. The largest absolute Gasteiger partial charge is 0.494 e. The quantitative estimate of drug-likeness (QED) is 0.120. The summed E-state index contributed by atoms with van der Waals surface area (Å²) in [7, 11) is 1.66. The van der Waals surface area contributed by atoms with E-state index in [4.69, 9.17) is 25.8 Å². The summed E-state index contributed by atoms with van der Waals surface area (Å²) < 4.78 is 22.7. The molecule has 0 saturated heterocycles. The molecule has 248 valence electrons. The highest BCUT2D eigenvalue weighted by Gasteiger charge is 2.20. The number of thioether (sulfide) groups is 1. The minimum Gasteiger partial charge on any atom is -0.494 e. The molecule has 0 radical (unpaired) electrons. The Morgan fingerprint density at radius 3 is 2.41 bits per heavy atom. The second kappa shape index (κ2) is 14.5. The van der Waals surface area contributed by atoms with Gasteiger partial charge in [0.15, 0.2) is 11.0 Å². The molecule has 0 fully saturated rings. The Morgan fingerprint density at radius 1 is 0.837 bits per heavy atom. The van der Waals surface area contributed by atoms with Gasteiger partial charge in [0, 0.05) is 24.2 Å². The Morgan fingerprint density at radius 2 is 1.61 bits per heavy atom. The number of nitrogens with zero attached hydrogens (tertiary/aromatic N) is 7. The van der Waals surface area contributed by atoms with E-state index in [0.717, 1.165) is 16.9 Å². The van der Waals surface area contributed by atoms with Gasteiger partial charge in [-0.05, 0) is 61.0 Å². The van der Waals surface area contributed by atoms with Gasteiger partial charge in [-0.25, -0.2) is 4.57 Å². The summed E-state index contributed by atoms with van der Waals surface area (Å²) in [5, 5.41) is 19.7. The summed E-state index contributed by atoms with van der Waals surface area (Å²) in [6.45, 7) is 3.67. The highest BCUT2D eigenvalue weighted by molar-refractivity contribution is 7.98. The number of methoxy groups -OCH3 is 1. The third kappa shape index (κ3) is 6.62. The first-order valence-corrected chi connectivity index (χ1v) is 17.0. The fourth-order valence-electron chi connectivity index (χ4n) is 5.62. The van der Waals surface area contributed by atoms with Crippen LogP contribution in [0.5, 0.6) is 11.5 Å². The van der Waals surface area contributed by atoms with Crippen LogP contribution in [0.15, 0.2) is 107 Å². The Bertz CT molecular complexity index is 2290. The van der Waals surface area contributed by atoms with Crippen LogP contribution in [0.1, 0.15) is 18.6 Å². The van der Waals surface area contributed by atoms with Crippen LogP contribution in [-0.4, -0.2) is 54.3 Å². The second-order valence-corrected chi connectivity index (χ2v) is 12.3. The molecule has 0 saturated carbocycles. The van der Waals surface area contributed by atoms with Crippen molar-refractivity contribution in [3.05, 3.63) is 124 Å². The van der Waals surface area contributed by atoms with Crippen LogP contribution < -0.4 is 15.0 Å². The molecule has 0 unspecified atom stereocenters. The van der Waals surface area contributed by atoms with Gasteiger partial charge < -0.3 is 18.8 Å². The molecule has 49 heavy (non-hydrogen) atoms. The number of fused-ring (bicyclic) bond motifs is 3. The summed E-state index contributed by atoms with van der Waals surface area (Å²) in [5.74, 6) is 3.49. The number of benzene rings is 4. The van der Waals surface area contributed by atoms with Crippen LogP contribution in [0.3, 0.4) is 0 Å². The maximum absolute atomic E-state index is 13.8. The van der Waals surface area contributed by atoms with Gasteiger partial charge in [0.1, 0.15) is 23.9 Å². The first-order valence-electron chi connectivity index (χ1n) is 15.7. The molecule has 11 nitrogen and oxygen atoms in total. The first kappa shape index (κ1) is 32.4. The Kier molecular flexibility index (Phi) is 9.60. The van der Waals surface area contributed by atoms with E-state index in [1.165, 1.54) is 11.8 Å². The van der Waals surface area contributed by atoms with Crippen molar-refractivity contribution in [1.29, 1.82) is 0 Å². The summed E-state index contributed by atoms with van der Waals surface area (Å²) in [5.41, 5.74) is 3.09. The molecule has 7 rings (SSSR count). The van der Waals surface area contributed by atoms with Crippen molar-refractivity contribution in [2.45, 2.75) is 31.0 Å². The van der Waals surface area contributed by atoms with E-state index >= 15 is 0 Å². The lowest BCUT2D eigenvalue weighted by Gasteiger charge is -2.13. The molecule has 0 bridgehead atoms. The van der Waals surface area contributed by atoms with E-state index in [2.05, 4.69) is 32.5 Å². The zero-order chi connectivity index (χ0) is 33.7. The van der Waals surface area contributed by atoms with Crippen LogP contribution in [0.2, 0.25) is 5.02 Å². The molecular weight excluding hydrogens is 662 g/mol. The van der Waals surface area contributed by atoms with Gasteiger partial charge in [0.05, 0.1) is 35.6 Å². The number of para-hydroxylation sites is 1. The normalized spacial score (nSPS) is 11.4. The van der Waals surface area contributed by atoms with Crippen molar-refractivity contribution >= 4 is 40.0 Å². The summed E-state index contributed by atoms with van der Waals surface area (Å²) >= 11 is 7.89. The van der Waals surface area contributed by atoms with E-state index in [1.807, 2.05) is 82.6 Å². The number of ether oxygens (including phenoxy) is 3. The van der Waals surface area contributed by atoms with Crippen LogP contribution in [0, 0.1) is 0 Å². The smallest absolute Gasteiger partial charge is 0.267 e. The Balaban J connectivity index is 1.20. The minimum atomic E-state index is -0.229. The van der Waals surface area contributed by atoms with Crippen LogP contribution in [0.4, 0.5) is 0 Å². The first-order chi connectivity index (χ1) is 24.1. The van der Waals surface area contributed by atoms with Gasteiger partial charge in [0.2, 0.25) is 5.78 Å². The van der Waals surface area contributed by atoms with Crippen molar-refractivity contribution in [2.75, 3.05) is 20.3 Å². The summed E-state index contributed by atoms with van der Waals surface area (Å²) in [6.07, 6.45) is 0. The molecule has 3 aromatic heterocycles. The molecule has 0 aliphatic rings. The monoisotopic (exact) mass is 693 g/mol. The highest BCUT2D eigenvalue weighted by atomic mass is 35.5. The standard InChI is InChI=1S/C36H32ClN7O4S/c1-3-47-27-16-14-26(15-17-27)43-34(45)29-18-13-25(37)21-30(29)44-33(39-40-35(43)44)23-49-36-41-38-32(42(36)19-20-46-2)22-48-31-12-8-7-11-28(31)24-9-5-4-6-10-24/h4-18,21H,3,19-20,22-23H2,1-2H3. The van der Waals surface area contributed by atoms with Crippen molar-refractivity contribution in [2.24, 2.45) is 0 Å². The van der Waals surface area contributed by atoms with Gasteiger partial charge in [-0.15, -0.1) is 20.4 Å². The predicted octanol–water partition coefficient (Wildman–Crippen LogP) is 6.86. The van der Waals surface area contributed by atoms with Crippen LogP contribution in [0.25, 0.3) is 33.5 Å². The lowest BCUT2D eigenvalue weighted by atomic mass is 10.1. The van der Waals surface area contributed by atoms with Crippen molar-refractivity contribution < 1.29 is 14.2 Å². The zero-order valence-electron chi connectivity index (χ0n) is 26.8. The predicted molar refractivity (Wildman–Crippen MR) is 190 cm³/mol. The molecule has 0 atom stereocenters. The average Bonchev–Trinajstić information content (AvgIpc) is 3.73. The Hall–Kier alpha value is -5.17. The average molecular weight is 694 g/mol. The second-order valence-electron chi connectivity index (χ2n) is 11.0. The Labute approximate surface area is 291 Å².